The standard InChI is InChI=1S/C12H15ClN2O2S/c13-11-7-6-10(8-12(11)15(16)17)18-14-9-4-2-1-3-5-9/h6-9,14H,1-5H2. The van der Waals surface area contributed by atoms with Crippen molar-refractivity contribution < 1.29 is 4.92 Å². The van der Waals surface area contributed by atoms with Gasteiger partial charge in [-0.05, 0) is 36.9 Å². The highest BCUT2D eigenvalue weighted by molar-refractivity contribution is 7.97. The van der Waals surface area contributed by atoms with Crippen LogP contribution in [0.3, 0.4) is 0 Å². The average Bonchev–Trinajstić information content (AvgIpc) is 2.38. The Kier molecular flexibility index (Phi) is 4.86. The Hall–Kier alpha value is -0.780. The van der Waals surface area contributed by atoms with Gasteiger partial charge in [0.05, 0.1) is 4.92 Å². The van der Waals surface area contributed by atoms with Gasteiger partial charge >= 0.3 is 0 Å². The molecule has 0 atom stereocenters. The van der Waals surface area contributed by atoms with Crippen LogP contribution in [0.5, 0.6) is 0 Å². The molecule has 98 valence electrons. The summed E-state index contributed by atoms with van der Waals surface area (Å²) in [5, 5.41) is 11.0. The van der Waals surface area contributed by atoms with Gasteiger partial charge in [0, 0.05) is 17.0 Å². The van der Waals surface area contributed by atoms with E-state index in [1.165, 1.54) is 50.1 Å². The van der Waals surface area contributed by atoms with E-state index in [-0.39, 0.29) is 10.7 Å². The van der Waals surface area contributed by atoms with Gasteiger partial charge in [0.15, 0.2) is 0 Å². The molecule has 1 fully saturated rings. The van der Waals surface area contributed by atoms with Crippen LogP contribution in [0.15, 0.2) is 23.1 Å². The van der Waals surface area contributed by atoms with E-state index in [0.29, 0.717) is 6.04 Å². The molecule has 0 spiro atoms. The predicted molar refractivity (Wildman–Crippen MR) is 74.0 cm³/mol. The third-order valence-electron chi connectivity index (χ3n) is 3.06. The van der Waals surface area contributed by atoms with Crippen molar-refractivity contribution in [3.05, 3.63) is 33.3 Å². The average molecular weight is 287 g/mol. The fraction of sp³-hybridized carbons (Fsp3) is 0.500. The van der Waals surface area contributed by atoms with Gasteiger partial charge in [-0.3, -0.25) is 14.8 Å². The van der Waals surface area contributed by atoms with Gasteiger partial charge in [-0.2, -0.15) is 0 Å². The van der Waals surface area contributed by atoms with Gasteiger partial charge in [0.1, 0.15) is 5.02 Å². The maximum Gasteiger partial charge on any atom is 0.289 e. The molecule has 0 bridgehead atoms. The minimum Gasteiger partial charge on any atom is -0.258 e. The number of hydrogen-bond donors (Lipinski definition) is 1. The number of halogens is 1. The number of nitrogens with zero attached hydrogens (tertiary/aromatic N) is 1. The van der Waals surface area contributed by atoms with Crippen LogP contribution in [0.1, 0.15) is 32.1 Å². The van der Waals surface area contributed by atoms with Crippen molar-refractivity contribution in [2.24, 2.45) is 0 Å². The second kappa shape index (κ2) is 6.41. The fourth-order valence-electron chi connectivity index (χ4n) is 2.07. The largest absolute Gasteiger partial charge is 0.289 e. The van der Waals surface area contributed by atoms with E-state index >= 15 is 0 Å². The van der Waals surface area contributed by atoms with Crippen molar-refractivity contribution in [3.8, 4) is 0 Å². The molecule has 0 heterocycles. The summed E-state index contributed by atoms with van der Waals surface area (Å²) in [5.41, 5.74) is -0.0351. The first-order valence-corrected chi connectivity index (χ1v) is 7.22. The molecule has 0 amide bonds. The Morgan fingerprint density at radius 1 is 1.33 bits per heavy atom. The highest BCUT2D eigenvalue weighted by Crippen LogP contribution is 2.29. The summed E-state index contributed by atoms with van der Waals surface area (Å²) in [6.07, 6.45) is 6.21. The Labute approximate surface area is 115 Å². The summed E-state index contributed by atoms with van der Waals surface area (Å²) in [6.45, 7) is 0. The molecular weight excluding hydrogens is 272 g/mol. The van der Waals surface area contributed by atoms with Crippen molar-refractivity contribution in [1.82, 2.24) is 4.72 Å². The molecule has 0 aliphatic heterocycles. The smallest absolute Gasteiger partial charge is 0.258 e. The van der Waals surface area contributed by atoms with Crippen LogP contribution in [-0.2, 0) is 0 Å². The van der Waals surface area contributed by atoms with E-state index in [2.05, 4.69) is 4.72 Å². The summed E-state index contributed by atoms with van der Waals surface area (Å²) in [4.78, 5) is 11.2. The van der Waals surface area contributed by atoms with Crippen LogP contribution in [0.25, 0.3) is 0 Å². The van der Waals surface area contributed by atoms with Crippen LogP contribution in [-0.4, -0.2) is 11.0 Å². The number of benzene rings is 1. The number of rotatable bonds is 4. The summed E-state index contributed by atoms with van der Waals surface area (Å²) >= 11 is 7.22. The quantitative estimate of drug-likeness (QED) is 0.512. The van der Waals surface area contributed by atoms with Gasteiger partial charge in [-0.1, -0.05) is 30.9 Å². The molecule has 4 nitrogen and oxygen atoms in total. The molecule has 0 saturated heterocycles. The first kappa shape index (κ1) is 13.6. The monoisotopic (exact) mass is 286 g/mol. The third kappa shape index (κ3) is 3.60. The highest BCUT2D eigenvalue weighted by atomic mass is 35.5. The van der Waals surface area contributed by atoms with Crippen LogP contribution in [0.4, 0.5) is 5.69 Å². The molecule has 0 unspecified atom stereocenters. The minimum atomic E-state index is -0.451. The predicted octanol–water partition coefficient (Wildman–Crippen LogP) is 4.18. The summed E-state index contributed by atoms with van der Waals surface area (Å²) in [7, 11) is 0. The van der Waals surface area contributed by atoms with Crippen molar-refractivity contribution in [2.75, 3.05) is 0 Å². The molecule has 1 saturated carbocycles. The summed E-state index contributed by atoms with van der Waals surface area (Å²) in [6, 6.07) is 5.40. The van der Waals surface area contributed by atoms with Gasteiger partial charge in [-0.15, -0.1) is 0 Å². The molecule has 1 aromatic carbocycles. The van der Waals surface area contributed by atoms with E-state index in [9.17, 15) is 10.1 Å². The topological polar surface area (TPSA) is 55.2 Å². The molecule has 1 N–H and O–H groups in total. The minimum absolute atomic E-state index is 0.0351. The van der Waals surface area contributed by atoms with Crippen LogP contribution in [0.2, 0.25) is 5.02 Å². The number of nitro groups is 1. The lowest BCUT2D eigenvalue weighted by molar-refractivity contribution is -0.384. The molecule has 1 aromatic rings. The van der Waals surface area contributed by atoms with Gasteiger partial charge in [0.2, 0.25) is 0 Å². The van der Waals surface area contributed by atoms with E-state index in [1.54, 1.807) is 12.1 Å². The van der Waals surface area contributed by atoms with Crippen molar-refractivity contribution in [2.45, 2.75) is 43.0 Å². The van der Waals surface area contributed by atoms with Gasteiger partial charge < -0.3 is 0 Å². The molecule has 2 rings (SSSR count). The first-order valence-electron chi connectivity index (χ1n) is 6.03. The van der Waals surface area contributed by atoms with Crippen LogP contribution in [0, 0.1) is 10.1 Å². The maximum atomic E-state index is 10.8. The molecule has 6 heteroatoms. The molecule has 0 aromatic heterocycles. The molecule has 18 heavy (non-hydrogen) atoms. The van der Waals surface area contributed by atoms with Gasteiger partial charge in [-0.25, -0.2) is 0 Å². The summed E-state index contributed by atoms with van der Waals surface area (Å²) < 4.78 is 3.37. The lowest BCUT2D eigenvalue weighted by Gasteiger charge is -2.22. The van der Waals surface area contributed by atoms with E-state index in [1.807, 2.05) is 0 Å². The van der Waals surface area contributed by atoms with Crippen molar-refractivity contribution in [1.29, 1.82) is 0 Å². The zero-order valence-electron chi connectivity index (χ0n) is 9.89. The lowest BCUT2D eigenvalue weighted by atomic mass is 9.96. The van der Waals surface area contributed by atoms with Crippen molar-refractivity contribution in [3.63, 3.8) is 0 Å². The second-order valence-corrected chi connectivity index (χ2v) is 5.74. The zero-order chi connectivity index (χ0) is 13.0. The number of hydrogen-bond acceptors (Lipinski definition) is 4. The Morgan fingerprint density at radius 2 is 2.06 bits per heavy atom. The first-order chi connectivity index (χ1) is 8.66. The highest BCUT2D eigenvalue weighted by Gasteiger charge is 2.15. The van der Waals surface area contributed by atoms with Crippen molar-refractivity contribution >= 4 is 29.2 Å². The van der Waals surface area contributed by atoms with E-state index < -0.39 is 4.92 Å². The number of nitrogens with one attached hydrogen (secondary N) is 1. The number of nitro benzene ring substituents is 1. The Morgan fingerprint density at radius 3 is 2.72 bits per heavy atom. The Balaban J connectivity index is 1.96. The maximum absolute atomic E-state index is 10.8. The third-order valence-corrected chi connectivity index (χ3v) is 4.32. The van der Waals surface area contributed by atoms with E-state index in [0.717, 1.165) is 4.90 Å². The molecule has 1 aliphatic rings. The molecule has 0 radical (unpaired) electrons. The SMILES string of the molecule is O=[N+]([O-])c1cc(SNC2CCCCC2)ccc1Cl. The zero-order valence-corrected chi connectivity index (χ0v) is 11.5. The normalized spacial score (nSPS) is 16.7. The van der Waals surface area contributed by atoms with Crippen LogP contribution >= 0.6 is 23.5 Å². The lowest BCUT2D eigenvalue weighted by Crippen LogP contribution is -2.25. The fourth-order valence-corrected chi connectivity index (χ4v) is 3.10. The van der Waals surface area contributed by atoms with Gasteiger partial charge in [0.25, 0.3) is 5.69 Å². The van der Waals surface area contributed by atoms with Crippen LogP contribution < -0.4 is 4.72 Å². The Bertz CT molecular complexity index is 436. The summed E-state index contributed by atoms with van der Waals surface area (Å²) in [5.74, 6) is 0. The molecule has 1 aliphatic carbocycles. The molecular formula is C12H15ClN2O2S. The second-order valence-electron chi connectivity index (χ2n) is 4.43. The van der Waals surface area contributed by atoms with E-state index in [4.69, 9.17) is 11.6 Å².